The molecule has 0 spiro atoms. The summed E-state index contributed by atoms with van der Waals surface area (Å²) in [6.07, 6.45) is 2.16. The third kappa shape index (κ3) is 2.86. The fourth-order valence-corrected chi connectivity index (χ4v) is 2.06. The molecule has 0 unspecified atom stereocenters. The van der Waals surface area contributed by atoms with Gasteiger partial charge in [-0.3, -0.25) is 9.58 Å². The lowest BCUT2D eigenvalue weighted by atomic mass is 10.3. The Morgan fingerprint density at radius 3 is 2.85 bits per heavy atom. The number of nitrogens with two attached hydrogens (primary N) is 1. The van der Waals surface area contributed by atoms with Gasteiger partial charge in [-0.1, -0.05) is 0 Å². The molecular formula is C13H19N7. The van der Waals surface area contributed by atoms with Gasteiger partial charge in [0.1, 0.15) is 11.6 Å². The number of fused-ring (bicyclic) bond motifs is 1. The number of hydrogen-bond acceptors (Lipinski definition) is 6. The molecular weight excluding hydrogens is 254 g/mol. The van der Waals surface area contributed by atoms with Gasteiger partial charge in [0.15, 0.2) is 5.65 Å². The average Bonchev–Trinajstić information content (AvgIpc) is 2.77. The summed E-state index contributed by atoms with van der Waals surface area (Å²) in [6, 6.07) is 2.48. The van der Waals surface area contributed by atoms with E-state index in [1.165, 1.54) is 0 Å². The third-order valence-corrected chi connectivity index (χ3v) is 3.25. The molecule has 0 aliphatic heterocycles. The molecule has 0 saturated heterocycles. The van der Waals surface area contributed by atoms with Gasteiger partial charge < -0.3 is 5.73 Å². The Bertz CT molecular complexity index is 638. The van der Waals surface area contributed by atoms with Crippen molar-refractivity contribution < 1.29 is 0 Å². The highest BCUT2D eigenvalue weighted by Crippen LogP contribution is 2.17. The van der Waals surface area contributed by atoms with Crippen molar-refractivity contribution in [3.63, 3.8) is 0 Å². The molecule has 0 saturated carbocycles. The smallest absolute Gasteiger partial charge is 0.163 e. The zero-order valence-corrected chi connectivity index (χ0v) is 12.0. The Morgan fingerprint density at radius 1 is 1.45 bits per heavy atom. The van der Waals surface area contributed by atoms with Crippen LogP contribution in [0.1, 0.15) is 26.1 Å². The molecule has 0 amide bonds. The summed E-state index contributed by atoms with van der Waals surface area (Å²) >= 11 is 0. The molecule has 0 aromatic carbocycles. The number of hydrogen-bond donors (Lipinski definition) is 1. The summed E-state index contributed by atoms with van der Waals surface area (Å²) in [5, 5.41) is 13.6. The first-order valence-electron chi connectivity index (χ1n) is 6.58. The van der Waals surface area contributed by atoms with Gasteiger partial charge in [0, 0.05) is 26.1 Å². The average molecular weight is 273 g/mol. The predicted octanol–water partition coefficient (Wildman–Crippen LogP) is 1.07. The van der Waals surface area contributed by atoms with Crippen LogP contribution in [0, 0.1) is 11.3 Å². The van der Waals surface area contributed by atoms with Crippen LogP contribution in [0.25, 0.3) is 11.0 Å². The Balaban J connectivity index is 2.28. The van der Waals surface area contributed by atoms with E-state index in [9.17, 15) is 0 Å². The van der Waals surface area contributed by atoms with Gasteiger partial charge in [-0.2, -0.15) is 10.4 Å². The second kappa shape index (κ2) is 5.84. The molecule has 0 bridgehead atoms. The number of nitrogens with zero attached hydrogens (tertiary/aromatic N) is 6. The van der Waals surface area contributed by atoms with E-state index in [0.29, 0.717) is 37.2 Å². The summed E-state index contributed by atoms with van der Waals surface area (Å²) in [5.74, 6) is 1.10. The lowest BCUT2D eigenvalue weighted by Gasteiger charge is -2.24. The lowest BCUT2D eigenvalue weighted by molar-refractivity contribution is 0.212. The Morgan fingerprint density at radius 2 is 2.20 bits per heavy atom. The fraction of sp³-hybridized carbons (Fsp3) is 0.538. The minimum atomic E-state index is 0.315. The Hall–Kier alpha value is -2.20. The zero-order chi connectivity index (χ0) is 14.7. The van der Waals surface area contributed by atoms with Gasteiger partial charge >= 0.3 is 0 Å². The van der Waals surface area contributed by atoms with Gasteiger partial charge in [0.05, 0.1) is 24.2 Å². The summed E-state index contributed by atoms with van der Waals surface area (Å²) in [5.41, 5.74) is 6.68. The predicted molar refractivity (Wildman–Crippen MR) is 76.5 cm³/mol. The van der Waals surface area contributed by atoms with E-state index < -0.39 is 0 Å². The summed E-state index contributed by atoms with van der Waals surface area (Å²) < 4.78 is 1.69. The van der Waals surface area contributed by atoms with E-state index in [0.717, 1.165) is 11.0 Å². The van der Waals surface area contributed by atoms with Crippen LogP contribution in [0.4, 0.5) is 5.82 Å². The summed E-state index contributed by atoms with van der Waals surface area (Å²) in [7, 11) is 1.83. The third-order valence-electron chi connectivity index (χ3n) is 3.25. The minimum Gasteiger partial charge on any atom is -0.383 e. The number of aromatic nitrogens is 4. The second-order valence-electron chi connectivity index (χ2n) is 5.00. The van der Waals surface area contributed by atoms with Gasteiger partial charge in [-0.15, -0.1) is 0 Å². The van der Waals surface area contributed by atoms with Crippen LogP contribution in [0.3, 0.4) is 0 Å². The highest BCUT2D eigenvalue weighted by atomic mass is 15.3. The maximum atomic E-state index is 8.72. The molecule has 2 aromatic rings. The van der Waals surface area contributed by atoms with E-state index in [-0.39, 0.29) is 0 Å². The van der Waals surface area contributed by atoms with Crippen molar-refractivity contribution in [1.29, 1.82) is 5.26 Å². The van der Waals surface area contributed by atoms with E-state index in [4.69, 9.17) is 11.0 Å². The van der Waals surface area contributed by atoms with E-state index in [1.807, 2.05) is 7.05 Å². The molecule has 7 heteroatoms. The first kappa shape index (κ1) is 14.2. The van der Waals surface area contributed by atoms with Crippen molar-refractivity contribution >= 4 is 16.9 Å². The van der Waals surface area contributed by atoms with E-state index in [2.05, 4.69) is 39.9 Å². The quantitative estimate of drug-likeness (QED) is 0.875. The largest absolute Gasteiger partial charge is 0.383 e. The standard InChI is InChI=1S/C13H19N7/c1-9(2)20(6-4-5-14)8-11-17-12(15)10-7-16-19(3)13(10)18-11/h7,9H,4,6,8H2,1-3H3,(H2,15,17,18). The second-order valence-corrected chi connectivity index (χ2v) is 5.00. The SMILES string of the molecule is CC(C)N(CCC#N)Cc1nc(N)c2cnn(C)c2n1. The molecule has 106 valence electrons. The van der Waals surface area contributed by atoms with Crippen molar-refractivity contribution in [2.45, 2.75) is 32.9 Å². The fourth-order valence-electron chi connectivity index (χ4n) is 2.06. The molecule has 0 aliphatic rings. The van der Waals surface area contributed by atoms with Crippen LogP contribution in [-0.2, 0) is 13.6 Å². The van der Waals surface area contributed by atoms with Crippen molar-refractivity contribution in [1.82, 2.24) is 24.6 Å². The maximum Gasteiger partial charge on any atom is 0.163 e. The van der Waals surface area contributed by atoms with Crippen LogP contribution in [0.5, 0.6) is 0 Å². The molecule has 0 aliphatic carbocycles. The number of nitriles is 1. The van der Waals surface area contributed by atoms with Crippen LogP contribution in [0.2, 0.25) is 0 Å². The Kier molecular flexibility index (Phi) is 4.15. The van der Waals surface area contributed by atoms with Crippen LogP contribution >= 0.6 is 0 Å². The molecule has 2 rings (SSSR count). The number of rotatable bonds is 5. The highest BCUT2D eigenvalue weighted by molar-refractivity contribution is 5.84. The highest BCUT2D eigenvalue weighted by Gasteiger charge is 2.14. The maximum absolute atomic E-state index is 8.72. The van der Waals surface area contributed by atoms with Crippen molar-refractivity contribution in [3.8, 4) is 6.07 Å². The Labute approximate surface area is 118 Å². The topological polar surface area (TPSA) is 96.6 Å². The first-order chi connectivity index (χ1) is 9.52. The van der Waals surface area contributed by atoms with E-state index in [1.54, 1.807) is 10.9 Å². The number of anilines is 1. The van der Waals surface area contributed by atoms with Gasteiger partial charge in [0.25, 0.3) is 0 Å². The molecule has 0 atom stereocenters. The van der Waals surface area contributed by atoms with Crippen molar-refractivity contribution in [2.24, 2.45) is 7.05 Å². The van der Waals surface area contributed by atoms with Crippen molar-refractivity contribution in [3.05, 3.63) is 12.0 Å². The zero-order valence-electron chi connectivity index (χ0n) is 12.0. The summed E-state index contributed by atoms with van der Waals surface area (Å²) in [6.45, 7) is 5.44. The molecule has 2 aromatic heterocycles. The molecule has 0 fully saturated rings. The molecule has 0 radical (unpaired) electrons. The van der Waals surface area contributed by atoms with Crippen molar-refractivity contribution in [2.75, 3.05) is 12.3 Å². The van der Waals surface area contributed by atoms with Gasteiger partial charge in [0.2, 0.25) is 0 Å². The van der Waals surface area contributed by atoms with Crippen LogP contribution < -0.4 is 5.73 Å². The monoisotopic (exact) mass is 273 g/mol. The van der Waals surface area contributed by atoms with Crippen LogP contribution in [-0.4, -0.2) is 37.2 Å². The van der Waals surface area contributed by atoms with E-state index >= 15 is 0 Å². The lowest BCUT2D eigenvalue weighted by Crippen LogP contribution is -2.32. The number of nitrogen functional groups attached to an aromatic ring is 1. The van der Waals surface area contributed by atoms with Gasteiger partial charge in [-0.25, -0.2) is 9.97 Å². The summed E-state index contributed by atoms with van der Waals surface area (Å²) in [4.78, 5) is 11.0. The van der Waals surface area contributed by atoms with Gasteiger partial charge in [-0.05, 0) is 13.8 Å². The normalized spacial score (nSPS) is 11.4. The molecule has 2 heterocycles. The first-order valence-corrected chi connectivity index (χ1v) is 6.58. The number of aryl methyl sites for hydroxylation is 1. The molecule has 20 heavy (non-hydrogen) atoms. The molecule has 7 nitrogen and oxygen atoms in total. The minimum absolute atomic E-state index is 0.315. The van der Waals surface area contributed by atoms with Crippen LogP contribution in [0.15, 0.2) is 6.20 Å². The molecule has 2 N–H and O–H groups in total.